The molecular weight excluding hydrogens is 316 g/mol. The van der Waals surface area contributed by atoms with Gasteiger partial charge in [-0.1, -0.05) is 6.07 Å². The molecule has 1 heterocycles. The van der Waals surface area contributed by atoms with Gasteiger partial charge in [-0.25, -0.2) is 0 Å². The summed E-state index contributed by atoms with van der Waals surface area (Å²) in [6.45, 7) is 0.352. The van der Waals surface area contributed by atoms with E-state index in [2.05, 4.69) is 15.9 Å². The summed E-state index contributed by atoms with van der Waals surface area (Å²) in [5.41, 5.74) is 11.8. The second kappa shape index (κ2) is 5.41. The van der Waals surface area contributed by atoms with Gasteiger partial charge in [-0.2, -0.15) is 0 Å². The van der Waals surface area contributed by atoms with E-state index in [1.807, 2.05) is 11.4 Å². The molecule has 0 aliphatic carbocycles. The van der Waals surface area contributed by atoms with Crippen molar-refractivity contribution in [2.24, 2.45) is 5.73 Å². The average Bonchev–Trinajstić information content (AvgIpc) is 2.73. The minimum Gasteiger partial charge on any atom is -0.485 e. The lowest BCUT2D eigenvalue weighted by atomic mass is 10.1. The van der Waals surface area contributed by atoms with Crippen molar-refractivity contribution in [2.45, 2.75) is 6.61 Å². The number of benzene rings is 1. The largest absolute Gasteiger partial charge is 0.485 e. The zero-order valence-corrected chi connectivity index (χ0v) is 11.8. The summed E-state index contributed by atoms with van der Waals surface area (Å²) in [6, 6.07) is 6.89. The van der Waals surface area contributed by atoms with E-state index in [0.717, 1.165) is 9.35 Å². The number of carbonyl (C=O) groups excluding carboxylic acids is 1. The molecule has 18 heavy (non-hydrogen) atoms. The Balaban J connectivity index is 2.20. The Bertz CT molecular complexity index is 583. The third-order valence-corrected chi connectivity index (χ3v) is 3.96. The molecule has 6 heteroatoms. The number of carbonyl (C=O) groups is 1. The summed E-state index contributed by atoms with van der Waals surface area (Å²) in [4.78, 5) is 12.3. The molecule has 4 N–H and O–H groups in total. The summed E-state index contributed by atoms with van der Waals surface area (Å²) in [5, 5.41) is 1.96. The minimum absolute atomic E-state index is 0.297. The molecule has 0 atom stereocenters. The van der Waals surface area contributed by atoms with Crippen LogP contribution < -0.4 is 16.2 Å². The first-order valence-electron chi connectivity index (χ1n) is 5.12. The lowest BCUT2D eigenvalue weighted by Crippen LogP contribution is -2.14. The van der Waals surface area contributed by atoms with Gasteiger partial charge in [-0.05, 0) is 34.1 Å². The van der Waals surface area contributed by atoms with Gasteiger partial charge in [0.15, 0.2) is 5.75 Å². The van der Waals surface area contributed by atoms with Crippen LogP contribution in [-0.2, 0) is 6.61 Å². The van der Waals surface area contributed by atoms with Crippen LogP contribution in [0.4, 0.5) is 5.69 Å². The van der Waals surface area contributed by atoms with Gasteiger partial charge in [-0.3, -0.25) is 4.79 Å². The Kier molecular flexibility index (Phi) is 3.88. The number of primary amides is 1. The van der Waals surface area contributed by atoms with Crippen LogP contribution in [0.3, 0.4) is 0 Å². The first-order chi connectivity index (χ1) is 8.58. The predicted molar refractivity (Wildman–Crippen MR) is 75.7 cm³/mol. The predicted octanol–water partition coefficient (Wildman–Crippen LogP) is 2.77. The van der Waals surface area contributed by atoms with Crippen molar-refractivity contribution in [3.63, 3.8) is 0 Å². The topological polar surface area (TPSA) is 78.3 Å². The summed E-state index contributed by atoms with van der Waals surface area (Å²) < 4.78 is 6.59. The van der Waals surface area contributed by atoms with E-state index in [-0.39, 0.29) is 0 Å². The molecule has 0 spiro atoms. The molecule has 1 amide bonds. The molecule has 0 unspecified atom stereocenters. The summed E-state index contributed by atoms with van der Waals surface area (Å²) in [6.07, 6.45) is 0. The number of nitrogens with two attached hydrogens (primary N) is 2. The van der Waals surface area contributed by atoms with Gasteiger partial charge < -0.3 is 16.2 Å². The molecule has 0 fully saturated rings. The highest BCUT2D eigenvalue weighted by Crippen LogP contribution is 2.28. The van der Waals surface area contributed by atoms with Gasteiger partial charge in [0, 0.05) is 14.7 Å². The number of hydrogen-bond acceptors (Lipinski definition) is 4. The smallest absolute Gasteiger partial charge is 0.252 e. The van der Waals surface area contributed by atoms with Crippen LogP contribution in [0.1, 0.15) is 15.2 Å². The highest BCUT2D eigenvalue weighted by molar-refractivity contribution is 9.10. The van der Waals surface area contributed by atoms with E-state index in [4.69, 9.17) is 16.2 Å². The number of rotatable bonds is 4. The van der Waals surface area contributed by atoms with Crippen molar-refractivity contribution in [3.8, 4) is 5.75 Å². The van der Waals surface area contributed by atoms with Crippen molar-refractivity contribution in [1.29, 1.82) is 0 Å². The fourth-order valence-corrected chi connectivity index (χ4v) is 2.84. The highest BCUT2D eigenvalue weighted by Gasteiger charge is 2.12. The normalized spacial score (nSPS) is 10.3. The van der Waals surface area contributed by atoms with Crippen molar-refractivity contribution in [1.82, 2.24) is 0 Å². The molecular formula is C12H11BrN2O2S. The molecule has 0 aliphatic heterocycles. The maximum absolute atomic E-state index is 11.3. The molecule has 0 radical (unpaired) electrons. The van der Waals surface area contributed by atoms with Crippen LogP contribution in [0, 0.1) is 0 Å². The molecule has 4 nitrogen and oxygen atoms in total. The summed E-state index contributed by atoms with van der Waals surface area (Å²) >= 11 is 4.93. The van der Waals surface area contributed by atoms with Crippen LogP contribution in [0.15, 0.2) is 34.1 Å². The van der Waals surface area contributed by atoms with Gasteiger partial charge >= 0.3 is 0 Å². The first-order valence-corrected chi connectivity index (χ1v) is 6.79. The average molecular weight is 327 g/mol. The molecule has 2 rings (SSSR count). The maximum atomic E-state index is 11.3. The lowest BCUT2D eigenvalue weighted by Gasteiger charge is -2.11. The van der Waals surface area contributed by atoms with Gasteiger partial charge in [0.05, 0.1) is 11.3 Å². The zero-order valence-electron chi connectivity index (χ0n) is 9.35. The highest BCUT2D eigenvalue weighted by atomic mass is 79.9. The van der Waals surface area contributed by atoms with E-state index in [1.165, 1.54) is 0 Å². The van der Waals surface area contributed by atoms with Crippen LogP contribution in [0.5, 0.6) is 5.75 Å². The Hall–Kier alpha value is -1.53. The fraction of sp³-hybridized carbons (Fsp3) is 0.0833. The van der Waals surface area contributed by atoms with Crippen molar-refractivity contribution in [3.05, 3.63) is 44.6 Å². The Morgan fingerprint density at radius 1 is 1.44 bits per heavy atom. The zero-order chi connectivity index (χ0) is 13.1. The standard InChI is InChI=1S/C12H11BrN2O2S/c13-7-4-8(18-6-7)5-17-11-9(12(15)16)2-1-3-10(11)14/h1-4,6H,5,14H2,(H2,15,16). The second-order valence-electron chi connectivity index (χ2n) is 3.61. The third kappa shape index (κ3) is 2.83. The number of anilines is 1. The number of para-hydroxylation sites is 1. The number of halogens is 1. The van der Waals surface area contributed by atoms with Crippen LogP contribution >= 0.6 is 27.3 Å². The quantitative estimate of drug-likeness (QED) is 0.848. The van der Waals surface area contributed by atoms with Gasteiger partial charge in [-0.15, -0.1) is 11.3 Å². The first kappa shape index (κ1) is 12.9. The maximum Gasteiger partial charge on any atom is 0.252 e. The van der Waals surface area contributed by atoms with E-state index in [1.54, 1.807) is 29.5 Å². The summed E-state index contributed by atoms with van der Waals surface area (Å²) in [5.74, 6) is -0.209. The van der Waals surface area contributed by atoms with Gasteiger partial charge in [0.1, 0.15) is 6.61 Å². The summed E-state index contributed by atoms with van der Waals surface area (Å²) in [7, 11) is 0. The number of amides is 1. The van der Waals surface area contributed by atoms with Crippen molar-refractivity contribution >= 4 is 38.9 Å². The molecule has 94 valence electrons. The number of thiophene rings is 1. The lowest BCUT2D eigenvalue weighted by molar-refractivity contribution is 0.0996. The molecule has 1 aromatic heterocycles. The number of nitrogen functional groups attached to an aromatic ring is 1. The monoisotopic (exact) mass is 326 g/mol. The van der Waals surface area contributed by atoms with E-state index < -0.39 is 5.91 Å². The Morgan fingerprint density at radius 2 is 2.22 bits per heavy atom. The minimum atomic E-state index is -0.551. The fourth-order valence-electron chi connectivity index (χ4n) is 1.48. The SMILES string of the molecule is NC(=O)c1cccc(N)c1OCc1cc(Br)cs1. The van der Waals surface area contributed by atoms with E-state index in [0.29, 0.717) is 23.6 Å². The molecule has 0 bridgehead atoms. The molecule has 0 saturated heterocycles. The number of ether oxygens (including phenoxy) is 1. The van der Waals surface area contributed by atoms with Crippen LogP contribution in [-0.4, -0.2) is 5.91 Å². The van der Waals surface area contributed by atoms with Crippen LogP contribution in [0.25, 0.3) is 0 Å². The van der Waals surface area contributed by atoms with Crippen molar-refractivity contribution in [2.75, 3.05) is 5.73 Å². The third-order valence-electron chi connectivity index (χ3n) is 2.29. The molecule has 0 aliphatic rings. The van der Waals surface area contributed by atoms with Gasteiger partial charge in [0.2, 0.25) is 0 Å². The van der Waals surface area contributed by atoms with Crippen LogP contribution in [0.2, 0.25) is 0 Å². The van der Waals surface area contributed by atoms with Gasteiger partial charge in [0.25, 0.3) is 5.91 Å². The number of hydrogen-bond donors (Lipinski definition) is 2. The molecule has 2 aromatic rings. The van der Waals surface area contributed by atoms with E-state index in [9.17, 15) is 4.79 Å². The second-order valence-corrected chi connectivity index (χ2v) is 5.52. The molecule has 1 aromatic carbocycles. The Labute approximate surface area is 117 Å². The Morgan fingerprint density at radius 3 is 2.83 bits per heavy atom. The van der Waals surface area contributed by atoms with E-state index >= 15 is 0 Å². The van der Waals surface area contributed by atoms with Crippen molar-refractivity contribution < 1.29 is 9.53 Å². The molecule has 0 saturated carbocycles.